The van der Waals surface area contributed by atoms with Gasteiger partial charge < -0.3 is 10.2 Å². The molecule has 0 saturated carbocycles. The Bertz CT molecular complexity index is 862. The summed E-state index contributed by atoms with van der Waals surface area (Å²) in [5.41, 5.74) is 1.19. The Balaban J connectivity index is 1.80. The molecule has 0 unspecified atom stereocenters. The van der Waals surface area contributed by atoms with Crippen LogP contribution < -0.4 is 10.2 Å². The van der Waals surface area contributed by atoms with Gasteiger partial charge in [-0.3, -0.25) is 9.59 Å². The average Bonchev–Trinajstić information content (AvgIpc) is 2.99. The number of hydrogen-bond donors (Lipinski definition) is 1. The predicted molar refractivity (Wildman–Crippen MR) is 92.0 cm³/mol. The number of halogens is 3. The van der Waals surface area contributed by atoms with Gasteiger partial charge in [-0.1, -0.05) is 24.3 Å². The number of amides is 2. The molecule has 2 aromatic carbocycles. The molecule has 26 heavy (non-hydrogen) atoms. The molecule has 0 saturated heterocycles. The van der Waals surface area contributed by atoms with Gasteiger partial charge in [0.15, 0.2) is 0 Å². The Morgan fingerprint density at radius 2 is 1.85 bits per heavy atom. The van der Waals surface area contributed by atoms with Crippen molar-refractivity contribution in [3.63, 3.8) is 0 Å². The second-order valence-electron chi connectivity index (χ2n) is 6.10. The number of nitrogens with one attached hydrogen (secondary N) is 1. The van der Waals surface area contributed by atoms with E-state index in [1.54, 1.807) is 23.1 Å². The first kappa shape index (κ1) is 18.0. The predicted octanol–water partition coefficient (Wildman–Crippen LogP) is 3.80. The maximum atomic E-state index is 13.1. The van der Waals surface area contributed by atoms with Gasteiger partial charge in [0.1, 0.15) is 0 Å². The maximum absolute atomic E-state index is 13.1. The van der Waals surface area contributed by atoms with Gasteiger partial charge in [0, 0.05) is 30.4 Å². The quantitative estimate of drug-likeness (QED) is 0.903. The molecule has 0 radical (unpaired) electrons. The fraction of sp³-hybridized carbons (Fsp3) is 0.263. The van der Waals surface area contributed by atoms with E-state index in [4.69, 9.17) is 0 Å². The lowest BCUT2D eigenvalue weighted by molar-refractivity contribution is -0.138. The number of nitrogens with zero attached hydrogens (tertiary/aromatic N) is 1. The van der Waals surface area contributed by atoms with Crippen LogP contribution in [-0.2, 0) is 28.6 Å². The minimum atomic E-state index is -4.51. The van der Waals surface area contributed by atoms with E-state index in [9.17, 15) is 22.8 Å². The van der Waals surface area contributed by atoms with E-state index in [-0.39, 0.29) is 17.9 Å². The summed E-state index contributed by atoms with van der Waals surface area (Å²) in [4.78, 5) is 25.6. The van der Waals surface area contributed by atoms with Crippen molar-refractivity contribution < 1.29 is 22.8 Å². The zero-order valence-corrected chi connectivity index (χ0v) is 14.1. The normalized spacial score (nSPS) is 13.5. The second-order valence-corrected chi connectivity index (χ2v) is 6.10. The van der Waals surface area contributed by atoms with Crippen molar-refractivity contribution >= 4 is 23.2 Å². The number of alkyl halides is 3. The van der Waals surface area contributed by atoms with Crippen LogP contribution in [0.5, 0.6) is 0 Å². The van der Waals surface area contributed by atoms with Gasteiger partial charge in [-0.25, -0.2) is 0 Å². The number of carbonyl (C=O) groups is 2. The highest BCUT2D eigenvalue weighted by atomic mass is 19.4. The lowest BCUT2D eigenvalue weighted by Crippen LogP contribution is -2.25. The van der Waals surface area contributed by atoms with Gasteiger partial charge in [0.25, 0.3) is 0 Å². The Morgan fingerprint density at radius 1 is 1.12 bits per heavy atom. The Morgan fingerprint density at radius 3 is 2.54 bits per heavy atom. The van der Waals surface area contributed by atoms with Gasteiger partial charge in [0.05, 0.1) is 12.0 Å². The molecule has 1 aliphatic rings. The minimum absolute atomic E-state index is 0.0737. The van der Waals surface area contributed by atoms with Crippen molar-refractivity contribution in [2.45, 2.75) is 25.9 Å². The summed E-state index contributed by atoms with van der Waals surface area (Å²) < 4.78 is 39.2. The summed E-state index contributed by atoms with van der Waals surface area (Å²) in [5.74, 6) is -0.622. The first-order valence-electron chi connectivity index (χ1n) is 8.12. The molecule has 0 fully saturated rings. The second kappa shape index (κ2) is 6.82. The van der Waals surface area contributed by atoms with Crippen LogP contribution in [0.1, 0.15) is 23.6 Å². The molecule has 3 rings (SSSR count). The Kier molecular flexibility index (Phi) is 4.71. The van der Waals surface area contributed by atoms with Crippen LogP contribution in [0.4, 0.5) is 24.5 Å². The molecular formula is C19H17F3N2O2. The van der Waals surface area contributed by atoms with E-state index in [1.165, 1.54) is 25.1 Å². The van der Waals surface area contributed by atoms with E-state index in [0.717, 1.165) is 17.3 Å². The largest absolute Gasteiger partial charge is 0.416 e. The highest BCUT2D eigenvalue weighted by Crippen LogP contribution is 2.34. The fourth-order valence-corrected chi connectivity index (χ4v) is 3.20. The number of hydrogen-bond acceptors (Lipinski definition) is 2. The molecular weight excluding hydrogens is 345 g/mol. The molecule has 0 bridgehead atoms. The van der Waals surface area contributed by atoms with E-state index < -0.39 is 17.6 Å². The van der Waals surface area contributed by atoms with Gasteiger partial charge in [0.2, 0.25) is 11.8 Å². The third kappa shape index (κ3) is 3.56. The lowest BCUT2D eigenvalue weighted by atomic mass is 10.0. The lowest BCUT2D eigenvalue weighted by Gasteiger charge is -2.16. The highest BCUT2D eigenvalue weighted by molar-refractivity contribution is 5.98. The number of benzene rings is 2. The Labute approximate surface area is 148 Å². The SMILES string of the molecule is CC(=O)N1CCc2c(NC(=O)Cc3ccccc3C(F)(F)F)cccc21. The summed E-state index contributed by atoms with van der Waals surface area (Å²) in [5, 5.41) is 2.68. The first-order chi connectivity index (χ1) is 12.3. The molecule has 1 N–H and O–H groups in total. The Hall–Kier alpha value is -2.83. The standard InChI is InChI=1S/C19H17F3N2O2/c1-12(25)24-10-9-14-16(7-4-8-17(14)24)23-18(26)11-13-5-2-3-6-15(13)19(20,21)22/h2-8H,9-11H2,1H3,(H,23,26). The molecule has 4 nitrogen and oxygen atoms in total. The molecule has 1 heterocycles. The molecule has 0 aromatic heterocycles. The molecule has 0 atom stereocenters. The van der Waals surface area contributed by atoms with Gasteiger partial charge in [-0.2, -0.15) is 13.2 Å². The van der Waals surface area contributed by atoms with Crippen molar-refractivity contribution in [2.24, 2.45) is 0 Å². The number of fused-ring (bicyclic) bond motifs is 1. The summed E-state index contributed by atoms with van der Waals surface area (Å²) in [6.45, 7) is 1.99. The van der Waals surface area contributed by atoms with Crippen LogP contribution in [0.3, 0.4) is 0 Å². The van der Waals surface area contributed by atoms with E-state index >= 15 is 0 Å². The van der Waals surface area contributed by atoms with Crippen molar-refractivity contribution in [3.8, 4) is 0 Å². The zero-order valence-electron chi connectivity index (χ0n) is 14.1. The van der Waals surface area contributed by atoms with Gasteiger partial charge >= 0.3 is 6.18 Å². The maximum Gasteiger partial charge on any atom is 0.416 e. The van der Waals surface area contributed by atoms with E-state index in [0.29, 0.717) is 18.7 Å². The smallest absolute Gasteiger partial charge is 0.325 e. The molecule has 0 aliphatic carbocycles. The average molecular weight is 362 g/mol. The third-order valence-corrected chi connectivity index (χ3v) is 4.36. The summed E-state index contributed by atoms with van der Waals surface area (Å²) >= 11 is 0. The molecule has 2 amide bonds. The summed E-state index contributed by atoms with van der Waals surface area (Å²) in [6, 6.07) is 10.2. The third-order valence-electron chi connectivity index (χ3n) is 4.36. The van der Waals surface area contributed by atoms with Crippen molar-refractivity contribution in [1.82, 2.24) is 0 Å². The van der Waals surface area contributed by atoms with Crippen LogP contribution in [0.15, 0.2) is 42.5 Å². The van der Waals surface area contributed by atoms with E-state index in [2.05, 4.69) is 5.32 Å². The van der Waals surface area contributed by atoms with E-state index in [1.807, 2.05) is 0 Å². The van der Waals surface area contributed by atoms with Gasteiger partial charge in [-0.15, -0.1) is 0 Å². The van der Waals surface area contributed by atoms with Crippen LogP contribution in [0.2, 0.25) is 0 Å². The first-order valence-corrected chi connectivity index (χ1v) is 8.12. The fourth-order valence-electron chi connectivity index (χ4n) is 3.20. The van der Waals surface area contributed by atoms with Crippen LogP contribution in [-0.4, -0.2) is 18.4 Å². The number of anilines is 2. The molecule has 1 aliphatic heterocycles. The van der Waals surface area contributed by atoms with Crippen molar-refractivity contribution in [3.05, 3.63) is 59.2 Å². The minimum Gasteiger partial charge on any atom is -0.325 e. The topological polar surface area (TPSA) is 49.4 Å². The molecule has 0 spiro atoms. The number of carbonyl (C=O) groups excluding carboxylic acids is 2. The molecule has 2 aromatic rings. The van der Waals surface area contributed by atoms with Crippen LogP contribution in [0.25, 0.3) is 0 Å². The summed E-state index contributed by atoms with van der Waals surface area (Å²) in [6.07, 6.45) is -4.30. The molecule has 136 valence electrons. The van der Waals surface area contributed by atoms with Crippen LogP contribution >= 0.6 is 0 Å². The van der Waals surface area contributed by atoms with Crippen molar-refractivity contribution in [2.75, 3.05) is 16.8 Å². The monoisotopic (exact) mass is 362 g/mol. The molecule has 7 heteroatoms. The van der Waals surface area contributed by atoms with Gasteiger partial charge in [-0.05, 0) is 30.2 Å². The zero-order chi connectivity index (χ0) is 18.9. The number of rotatable bonds is 3. The highest BCUT2D eigenvalue weighted by Gasteiger charge is 2.33. The van der Waals surface area contributed by atoms with Crippen LogP contribution in [0, 0.1) is 0 Å². The summed E-state index contributed by atoms with van der Waals surface area (Å²) in [7, 11) is 0. The van der Waals surface area contributed by atoms with Crippen molar-refractivity contribution in [1.29, 1.82) is 0 Å².